The van der Waals surface area contributed by atoms with Gasteiger partial charge in [0.25, 0.3) is 0 Å². The zero-order valence-electron chi connectivity index (χ0n) is 26.0. The number of para-hydroxylation sites is 1. The molecule has 0 saturated carbocycles. The van der Waals surface area contributed by atoms with Crippen LogP contribution in [0.4, 0.5) is 10.7 Å². The highest BCUT2D eigenvalue weighted by molar-refractivity contribution is 5.96. The van der Waals surface area contributed by atoms with Gasteiger partial charge in [-0.2, -0.15) is 0 Å². The first-order valence-electron chi connectivity index (χ1n) is 15.4. The van der Waals surface area contributed by atoms with Crippen LogP contribution >= 0.6 is 0 Å². The Morgan fingerprint density at radius 1 is 0.978 bits per heavy atom. The number of benzene rings is 2. The Kier molecular flexibility index (Phi) is 7.88. The van der Waals surface area contributed by atoms with Gasteiger partial charge in [-0.25, -0.2) is 24.4 Å². The summed E-state index contributed by atoms with van der Waals surface area (Å²) in [5.41, 5.74) is 7.08. The molecule has 11 nitrogen and oxygen atoms in total. The molecule has 1 N–H and O–H groups in total. The molecule has 0 radical (unpaired) electrons. The number of aryl methyl sites for hydroxylation is 2. The lowest BCUT2D eigenvalue weighted by molar-refractivity contribution is 0.0695. The van der Waals surface area contributed by atoms with Crippen molar-refractivity contribution < 1.29 is 9.53 Å². The number of rotatable bonds is 7. The predicted octanol–water partition coefficient (Wildman–Crippen LogP) is 6.19. The third kappa shape index (κ3) is 5.79. The lowest BCUT2D eigenvalue weighted by Gasteiger charge is -2.37. The van der Waals surface area contributed by atoms with Gasteiger partial charge in [-0.3, -0.25) is 0 Å². The maximum Gasteiger partial charge on any atom is 0.410 e. The van der Waals surface area contributed by atoms with Crippen molar-refractivity contribution in [2.75, 3.05) is 11.9 Å². The Hall–Kier alpha value is -5.58. The second-order valence-electron chi connectivity index (χ2n) is 11.7. The van der Waals surface area contributed by atoms with E-state index in [-0.39, 0.29) is 24.8 Å². The summed E-state index contributed by atoms with van der Waals surface area (Å²) in [6, 6.07) is 24.0. The van der Waals surface area contributed by atoms with Gasteiger partial charge >= 0.3 is 6.09 Å². The van der Waals surface area contributed by atoms with Crippen molar-refractivity contribution in [2.24, 2.45) is 7.05 Å². The Bertz CT molecular complexity index is 1990. The normalized spacial score (nSPS) is 16.5. The minimum absolute atomic E-state index is 0.0154. The van der Waals surface area contributed by atoms with E-state index in [0.717, 1.165) is 63.3 Å². The van der Waals surface area contributed by atoms with Crippen LogP contribution in [-0.4, -0.2) is 64.1 Å². The number of ether oxygens (including phenoxy) is 1. The van der Waals surface area contributed by atoms with Crippen molar-refractivity contribution in [2.45, 2.75) is 45.4 Å². The number of piperidine rings is 1. The van der Waals surface area contributed by atoms with E-state index in [1.165, 1.54) is 0 Å². The number of aromatic nitrogens is 7. The van der Waals surface area contributed by atoms with Gasteiger partial charge in [0, 0.05) is 54.7 Å². The van der Waals surface area contributed by atoms with Crippen LogP contribution in [0.2, 0.25) is 0 Å². The second kappa shape index (κ2) is 12.4. The molecule has 1 fully saturated rings. The fourth-order valence-electron chi connectivity index (χ4n) is 5.99. The molecule has 46 heavy (non-hydrogen) atoms. The van der Waals surface area contributed by atoms with E-state index in [0.29, 0.717) is 12.5 Å². The molecule has 0 bridgehead atoms. The van der Waals surface area contributed by atoms with Crippen molar-refractivity contribution in [3.63, 3.8) is 0 Å². The molecule has 0 spiro atoms. The maximum absolute atomic E-state index is 13.1. The van der Waals surface area contributed by atoms with E-state index in [4.69, 9.17) is 14.7 Å². The monoisotopic (exact) mass is 613 g/mol. The number of pyridine rings is 1. The van der Waals surface area contributed by atoms with Crippen LogP contribution in [0.15, 0.2) is 91.4 Å². The van der Waals surface area contributed by atoms with E-state index in [1.807, 2.05) is 74.8 Å². The van der Waals surface area contributed by atoms with Gasteiger partial charge < -0.3 is 19.5 Å². The number of amides is 1. The Balaban J connectivity index is 1.17. The van der Waals surface area contributed by atoms with E-state index >= 15 is 0 Å². The van der Waals surface area contributed by atoms with Gasteiger partial charge in [0.05, 0.1) is 17.6 Å². The summed E-state index contributed by atoms with van der Waals surface area (Å²) < 4.78 is 9.47. The zero-order chi connectivity index (χ0) is 31.6. The van der Waals surface area contributed by atoms with E-state index in [2.05, 4.69) is 56.5 Å². The molecule has 5 heterocycles. The number of hydrogen-bond donors (Lipinski definition) is 1. The Labute approximate surface area is 266 Å². The minimum Gasteiger partial charge on any atom is -0.445 e. The number of anilines is 1. The average molecular weight is 614 g/mol. The van der Waals surface area contributed by atoms with Crippen LogP contribution in [0.25, 0.3) is 39.4 Å². The van der Waals surface area contributed by atoms with Gasteiger partial charge in [-0.15, -0.1) is 5.10 Å². The summed E-state index contributed by atoms with van der Waals surface area (Å²) >= 11 is 0. The van der Waals surface area contributed by atoms with E-state index < -0.39 is 0 Å². The summed E-state index contributed by atoms with van der Waals surface area (Å²) in [5.74, 6) is 0.518. The standard InChI is InChI=1S/C35H35N9O2/c1-23-18-36-34(38-26-15-14-24(2)43(20-26)35(45)46-22-25-10-6-4-7-11-25)40-32(23)29-21-44(27-12-8-5-9-13-27)33-28(29)16-17-30(39-33)31-19-37-41-42(31)3/h4-13,16-19,21,24,26H,14-15,20,22H2,1-3H3,(H,36,38,40)/t24-,26-/m0/s1. The van der Waals surface area contributed by atoms with Gasteiger partial charge in [0.2, 0.25) is 5.95 Å². The van der Waals surface area contributed by atoms with Crippen LogP contribution in [0.3, 0.4) is 0 Å². The highest BCUT2D eigenvalue weighted by Gasteiger charge is 2.30. The predicted molar refractivity (Wildman–Crippen MR) is 176 cm³/mol. The Morgan fingerprint density at radius 3 is 2.52 bits per heavy atom. The van der Waals surface area contributed by atoms with Crippen molar-refractivity contribution in [3.8, 4) is 28.3 Å². The molecule has 1 aliphatic heterocycles. The van der Waals surface area contributed by atoms with Crippen molar-refractivity contribution >= 4 is 23.1 Å². The largest absolute Gasteiger partial charge is 0.445 e. The minimum atomic E-state index is -0.309. The molecule has 4 aromatic heterocycles. The van der Waals surface area contributed by atoms with Crippen molar-refractivity contribution in [1.29, 1.82) is 0 Å². The summed E-state index contributed by atoms with van der Waals surface area (Å²) in [7, 11) is 1.86. The van der Waals surface area contributed by atoms with Crippen LogP contribution in [-0.2, 0) is 18.4 Å². The molecule has 232 valence electrons. The molecule has 2 atom stereocenters. The topological polar surface area (TPSA) is 116 Å². The molecule has 2 aromatic carbocycles. The smallest absolute Gasteiger partial charge is 0.410 e. The third-order valence-electron chi connectivity index (χ3n) is 8.54. The molecule has 0 aliphatic carbocycles. The quantitative estimate of drug-likeness (QED) is 0.227. The molecule has 6 aromatic rings. The molecule has 7 rings (SSSR count). The molecule has 1 saturated heterocycles. The molecular weight excluding hydrogens is 578 g/mol. The Morgan fingerprint density at radius 2 is 1.76 bits per heavy atom. The summed E-state index contributed by atoms with van der Waals surface area (Å²) in [6.45, 7) is 4.83. The zero-order valence-corrected chi connectivity index (χ0v) is 26.0. The van der Waals surface area contributed by atoms with Gasteiger partial charge in [-0.05, 0) is 62.1 Å². The summed E-state index contributed by atoms with van der Waals surface area (Å²) in [6.07, 6.45) is 7.07. The van der Waals surface area contributed by atoms with Gasteiger partial charge in [-0.1, -0.05) is 53.7 Å². The van der Waals surface area contributed by atoms with Crippen LogP contribution in [0, 0.1) is 6.92 Å². The lowest BCUT2D eigenvalue weighted by Crippen LogP contribution is -2.50. The van der Waals surface area contributed by atoms with Gasteiger partial charge in [0.15, 0.2) is 0 Å². The number of nitrogens with zero attached hydrogens (tertiary/aromatic N) is 8. The van der Waals surface area contributed by atoms with E-state index in [9.17, 15) is 4.79 Å². The van der Waals surface area contributed by atoms with E-state index in [1.54, 1.807) is 15.8 Å². The number of carbonyl (C=O) groups excluding carboxylic acids is 1. The number of fused-ring (bicyclic) bond motifs is 1. The number of carbonyl (C=O) groups is 1. The molecular formula is C35H35N9O2. The molecule has 1 aliphatic rings. The van der Waals surface area contributed by atoms with Gasteiger partial charge in [0.1, 0.15) is 17.9 Å². The summed E-state index contributed by atoms with van der Waals surface area (Å²) in [4.78, 5) is 29.6. The SMILES string of the molecule is Cc1cnc(N[C@H]2CC[C@H](C)N(C(=O)OCc3ccccc3)C2)nc1-c1cn(-c2ccccc2)c2nc(-c3cnnn3C)ccc12. The second-order valence-corrected chi connectivity index (χ2v) is 11.7. The van der Waals surface area contributed by atoms with Crippen LogP contribution < -0.4 is 5.32 Å². The first-order chi connectivity index (χ1) is 22.4. The highest BCUT2D eigenvalue weighted by Crippen LogP contribution is 2.34. The number of likely N-dealkylation sites (tertiary alicyclic amines) is 1. The average Bonchev–Trinajstić information content (AvgIpc) is 3.69. The maximum atomic E-state index is 13.1. The molecule has 11 heteroatoms. The van der Waals surface area contributed by atoms with Crippen LogP contribution in [0.5, 0.6) is 0 Å². The highest BCUT2D eigenvalue weighted by atomic mass is 16.6. The number of nitrogens with one attached hydrogen (secondary N) is 1. The summed E-state index contributed by atoms with van der Waals surface area (Å²) in [5, 5.41) is 12.6. The number of hydrogen-bond acceptors (Lipinski definition) is 8. The molecule has 0 unspecified atom stereocenters. The van der Waals surface area contributed by atoms with Crippen molar-refractivity contribution in [1.82, 2.24) is 39.4 Å². The lowest BCUT2D eigenvalue weighted by atomic mass is 10.00. The third-order valence-corrected chi connectivity index (χ3v) is 8.54. The molecule has 1 amide bonds. The van der Waals surface area contributed by atoms with Crippen molar-refractivity contribution in [3.05, 3.63) is 103 Å². The van der Waals surface area contributed by atoms with Crippen LogP contribution in [0.1, 0.15) is 30.9 Å². The fourth-order valence-corrected chi connectivity index (χ4v) is 5.99. The first-order valence-corrected chi connectivity index (χ1v) is 15.4. The fraction of sp³-hybridized carbons (Fsp3) is 0.257. The first kappa shape index (κ1) is 29.1.